The Morgan fingerprint density at radius 1 is 1.12 bits per heavy atom. The van der Waals surface area contributed by atoms with Gasteiger partial charge in [-0.05, 0) is 44.4 Å². The second-order valence-electron chi connectivity index (χ2n) is 7.75. The van der Waals surface area contributed by atoms with Crippen LogP contribution in [0.2, 0.25) is 0 Å². The number of carbonyl (C=O) groups excluding carboxylic acids is 1. The Morgan fingerprint density at radius 3 is 2.33 bits per heavy atom. The van der Waals surface area contributed by atoms with Gasteiger partial charge in [-0.2, -0.15) is 13.2 Å². The van der Waals surface area contributed by atoms with Crippen molar-refractivity contribution in [2.24, 2.45) is 5.92 Å². The lowest BCUT2D eigenvalue weighted by atomic mass is 9.85. The van der Waals surface area contributed by atoms with Crippen LogP contribution in [0.1, 0.15) is 31.7 Å². The first-order valence-corrected chi connectivity index (χ1v) is 11.6. The molecule has 0 aliphatic carbocycles. The molecule has 1 saturated heterocycles. The fourth-order valence-electron chi connectivity index (χ4n) is 3.43. The summed E-state index contributed by atoms with van der Waals surface area (Å²) in [6, 6.07) is 3.93. The molecule has 1 aromatic heterocycles. The fraction of sp³-hybridized carbons (Fsp3) is 0.500. The molecule has 0 unspecified atom stereocenters. The Kier molecular flexibility index (Phi) is 6.43. The van der Waals surface area contributed by atoms with E-state index in [4.69, 9.17) is 0 Å². The molecule has 2 heterocycles. The number of hydrogen-bond donors (Lipinski definition) is 0. The Hall–Kier alpha value is -2.42. The molecular weight excluding hydrogens is 500 g/mol. The first-order chi connectivity index (χ1) is 15.0. The Morgan fingerprint density at radius 2 is 1.79 bits per heavy atom. The standard InChI is InChI=1S/C18H17F6N3O4S2/c1-16(2,33(29,30)12-5-3-4-11(9-12)31-18(22,23)24)10-6-7-27(13(28)8-10)15-26-25-14(32-15)17(19,20)21/h3-5,9-10H,6-8H2,1-2H3/t10-/m1/s1. The monoisotopic (exact) mass is 517 g/mol. The highest BCUT2D eigenvalue weighted by Crippen LogP contribution is 2.41. The molecule has 0 radical (unpaired) electrons. The second kappa shape index (κ2) is 8.42. The number of halogens is 6. The van der Waals surface area contributed by atoms with Gasteiger partial charge >= 0.3 is 12.5 Å². The van der Waals surface area contributed by atoms with Crippen molar-refractivity contribution < 1.29 is 44.3 Å². The van der Waals surface area contributed by atoms with E-state index >= 15 is 0 Å². The number of ether oxygens (including phenoxy) is 1. The van der Waals surface area contributed by atoms with Gasteiger partial charge in [0.05, 0.1) is 9.64 Å². The van der Waals surface area contributed by atoms with Gasteiger partial charge in [0, 0.05) is 13.0 Å². The van der Waals surface area contributed by atoms with E-state index in [2.05, 4.69) is 14.9 Å². The minimum Gasteiger partial charge on any atom is -0.406 e. The van der Waals surface area contributed by atoms with E-state index in [9.17, 15) is 39.6 Å². The second-order valence-corrected chi connectivity index (χ2v) is 11.2. The minimum absolute atomic E-state index is 0.0911. The van der Waals surface area contributed by atoms with E-state index in [1.165, 1.54) is 13.8 Å². The molecule has 2 aromatic rings. The molecule has 0 saturated carbocycles. The number of benzene rings is 1. The average molecular weight is 517 g/mol. The average Bonchev–Trinajstić information content (AvgIpc) is 3.17. The van der Waals surface area contributed by atoms with Gasteiger partial charge in [0.2, 0.25) is 16.0 Å². The van der Waals surface area contributed by atoms with Crippen molar-refractivity contribution in [3.63, 3.8) is 0 Å². The maximum Gasteiger partial charge on any atom is 0.573 e. The molecule has 1 aliphatic heterocycles. The number of rotatable bonds is 5. The number of carbonyl (C=O) groups is 1. The zero-order valence-electron chi connectivity index (χ0n) is 17.1. The van der Waals surface area contributed by atoms with Crippen molar-refractivity contribution in [1.82, 2.24) is 10.2 Å². The highest BCUT2D eigenvalue weighted by Gasteiger charge is 2.47. The number of piperidine rings is 1. The Labute approximate surface area is 188 Å². The van der Waals surface area contributed by atoms with Crippen LogP contribution in [0.25, 0.3) is 0 Å². The summed E-state index contributed by atoms with van der Waals surface area (Å²) in [6.45, 7) is 2.60. The normalized spacial score (nSPS) is 18.5. The van der Waals surface area contributed by atoms with Crippen molar-refractivity contribution in [2.45, 2.75) is 48.9 Å². The molecule has 1 aliphatic rings. The maximum absolute atomic E-state index is 13.2. The van der Waals surface area contributed by atoms with Crippen LogP contribution in [0.4, 0.5) is 31.5 Å². The van der Waals surface area contributed by atoms with Gasteiger partial charge in [0.15, 0.2) is 9.84 Å². The molecule has 0 N–H and O–H groups in total. The molecule has 1 fully saturated rings. The van der Waals surface area contributed by atoms with Gasteiger partial charge < -0.3 is 4.74 Å². The summed E-state index contributed by atoms with van der Waals surface area (Å²) in [6.07, 6.45) is -9.92. The molecule has 7 nitrogen and oxygen atoms in total. The summed E-state index contributed by atoms with van der Waals surface area (Å²) in [5, 5.41) is 4.99. The van der Waals surface area contributed by atoms with Crippen molar-refractivity contribution in [2.75, 3.05) is 11.4 Å². The smallest absolute Gasteiger partial charge is 0.406 e. The first kappa shape index (κ1) is 25.2. The zero-order chi connectivity index (χ0) is 24.8. The summed E-state index contributed by atoms with van der Waals surface area (Å²) in [5.74, 6) is -2.09. The first-order valence-electron chi connectivity index (χ1n) is 9.34. The van der Waals surface area contributed by atoms with Crippen LogP contribution in [0, 0.1) is 5.92 Å². The van der Waals surface area contributed by atoms with E-state index < -0.39 is 54.6 Å². The molecule has 1 amide bonds. The molecule has 1 atom stereocenters. The lowest BCUT2D eigenvalue weighted by Crippen LogP contribution is -2.48. The summed E-state index contributed by atoms with van der Waals surface area (Å²) in [4.78, 5) is 13.2. The van der Waals surface area contributed by atoms with E-state index in [0.29, 0.717) is 0 Å². The van der Waals surface area contributed by atoms with Crippen LogP contribution in [0.5, 0.6) is 5.75 Å². The maximum atomic E-state index is 13.2. The highest BCUT2D eigenvalue weighted by atomic mass is 32.2. The number of nitrogens with zero attached hydrogens (tertiary/aromatic N) is 3. The number of amides is 1. The largest absolute Gasteiger partial charge is 0.573 e. The van der Waals surface area contributed by atoms with Gasteiger partial charge in [0.1, 0.15) is 5.75 Å². The third kappa shape index (κ3) is 5.23. The van der Waals surface area contributed by atoms with Crippen LogP contribution in [0.3, 0.4) is 0 Å². The number of sulfone groups is 1. The number of alkyl halides is 6. The van der Waals surface area contributed by atoms with Crippen LogP contribution in [-0.2, 0) is 20.8 Å². The molecular formula is C18H17F6N3O4S2. The number of hydrogen-bond acceptors (Lipinski definition) is 7. The summed E-state index contributed by atoms with van der Waals surface area (Å²) >= 11 is 0.201. The Balaban J connectivity index is 1.80. The van der Waals surface area contributed by atoms with E-state index in [1.54, 1.807) is 0 Å². The van der Waals surface area contributed by atoms with Crippen molar-refractivity contribution >= 4 is 32.2 Å². The lowest BCUT2D eigenvalue weighted by Gasteiger charge is -2.38. The molecule has 182 valence electrons. The molecule has 33 heavy (non-hydrogen) atoms. The summed E-state index contributed by atoms with van der Waals surface area (Å²) in [7, 11) is -4.23. The molecule has 3 rings (SSSR count). The topological polar surface area (TPSA) is 89.5 Å². The SMILES string of the molecule is CC(C)([C@@H]1CCN(c2nnc(C(F)(F)F)s2)C(=O)C1)S(=O)(=O)c1cccc(OC(F)(F)F)c1. The number of aromatic nitrogens is 2. The molecule has 0 bridgehead atoms. The summed E-state index contributed by atoms with van der Waals surface area (Å²) in [5.41, 5.74) is 0. The van der Waals surface area contributed by atoms with Crippen molar-refractivity contribution in [3.8, 4) is 5.75 Å². The van der Waals surface area contributed by atoms with Gasteiger partial charge in [-0.25, -0.2) is 8.42 Å². The highest BCUT2D eigenvalue weighted by molar-refractivity contribution is 7.92. The van der Waals surface area contributed by atoms with E-state index in [1.807, 2.05) is 0 Å². The quantitative estimate of drug-likeness (QED) is 0.545. The molecule has 1 aromatic carbocycles. The van der Waals surface area contributed by atoms with Crippen LogP contribution in [-0.4, -0.2) is 42.2 Å². The van der Waals surface area contributed by atoms with E-state index in [-0.39, 0.29) is 35.9 Å². The minimum atomic E-state index is -5.01. The third-order valence-electron chi connectivity index (χ3n) is 5.34. The number of anilines is 1. The molecule has 15 heteroatoms. The van der Waals surface area contributed by atoms with Gasteiger partial charge in [0.25, 0.3) is 0 Å². The van der Waals surface area contributed by atoms with E-state index in [0.717, 1.165) is 29.2 Å². The van der Waals surface area contributed by atoms with Gasteiger partial charge in [-0.15, -0.1) is 23.4 Å². The van der Waals surface area contributed by atoms with Crippen molar-refractivity contribution in [3.05, 3.63) is 29.3 Å². The molecule has 0 spiro atoms. The fourth-order valence-corrected chi connectivity index (χ4v) is 5.96. The Bertz CT molecular complexity index is 1140. The summed E-state index contributed by atoms with van der Waals surface area (Å²) < 4.78 is 104. The van der Waals surface area contributed by atoms with Crippen molar-refractivity contribution in [1.29, 1.82) is 0 Å². The van der Waals surface area contributed by atoms with Crippen LogP contribution < -0.4 is 9.64 Å². The van der Waals surface area contributed by atoms with Gasteiger partial charge in [-0.3, -0.25) is 9.69 Å². The predicted octanol–water partition coefficient (Wildman–Crippen LogP) is 4.45. The van der Waals surface area contributed by atoms with Gasteiger partial charge in [-0.1, -0.05) is 17.4 Å². The zero-order valence-corrected chi connectivity index (χ0v) is 18.7. The predicted molar refractivity (Wildman–Crippen MR) is 104 cm³/mol. The third-order valence-corrected chi connectivity index (χ3v) is 8.92. The van der Waals surface area contributed by atoms with Crippen LogP contribution >= 0.6 is 11.3 Å². The van der Waals surface area contributed by atoms with Crippen LogP contribution in [0.15, 0.2) is 29.2 Å². The lowest BCUT2D eigenvalue weighted by molar-refractivity contribution is -0.274.